The highest BCUT2D eigenvalue weighted by Crippen LogP contribution is 2.30. The molecular formula is C20H20FN3O2. The van der Waals surface area contributed by atoms with Gasteiger partial charge in [-0.05, 0) is 55.5 Å². The van der Waals surface area contributed by atoms with Crippen molar-refractivity contribution in [2.24, 2.45) is 7.05 Å². The summed E-state index contributed by atoms with van der Waals surface area (Å²) in [7, 11) is 1.88. The van der Waals surface area contributed by atoms with Gasteiger partial charge in [0.25, 0.3) is 5.56 Å². The lowest BCUT2D eigenvalue weighted by molar-refractivity contribution is 0.192. The van der Waals surface area contributed by atoms with Crippen LogP contribution in [-0.4, -0.2) is 21.2 Å². The second-order valence-corrected chi connectivity index (χ2v) is 6.53. The summed E-state index contributed by atoms with van der Waals surface area (Å²) in [6.45, 7) is -0.872. The lowest BCUT2D eigenvalue weighted by Gasteiger charge is -2.21. The van der Waals surface area contributed by atoms with E-state index < -0.39 is 6.86 Å². The van der Waals surface area contributed by atoms with E-state index in [0.717, 1.165) is 53.6 Å². The lowest BCUT2D eigenvalue weighted by atomic mass is 9.88. The smallest absolute Gasteiger partial charge is 0.258 e. The molecule has 0 unspecified atom stereocenters. The van der Waals surface area contributed by atoms with Crippen molar-refractivity contribution in [3.8, 4) is 22.6 Å². The molecule has 1 aromatic carbocycles. The van der Waals surface area contributed by atoms with Gasteiger partial charge in [0.15, 0.2) is 0 Å². The maximum atomic E-state index is 13.1. The SMILES string of the molecule is Cn1cc(-c2cn(-c3ccc(OCF)cc3)c(=O)c3c2CCCC3)cn1. The molecule has 0 aliphatic heterocycles. The Balaban J connectivity index is 1.88. The minimum atomic E-state index is -0.872. The van der Waals surface area contributed by atoms with Gasteiger partial charge in [0.05, 0.1) is 6.20 Å². The fourth-order valence-electron chi connectivity index (χ4n) is 3.62. The van der Waals surface area contributed by atoms with Crippen molar-refractivity contribution >= 4 is 0 Å². The Kier molecular flexibility index (Phi) is 4.32. The van der Waals surface area contributed by atoms with E-state index in [1.807, 2.05) is 25.6 Å². The molecule has 0 spiro atoms. The molecule has 134 valence electrons. The summed E-state index contributed by atoms with van der Waals surface area (Å²) in [5, 5.41) is 4.28. The number of hydrogen-bond donors (Lipinski definition) is 0. The van der Waals surface area contributed by atoms with Crippen molar-refractivity contribution in [2.45, 2.75) is 25.7 Å². The molecule has 0 radical (unpaired) electrons. The Morgan fingerprint density at radius 1 is 1.12 bits per heavy atom. The molecule has 1 aliphatic carbocycles. The molecule has 0 saturated carbocycles. The number of benzene rings is 1. The van der Waals surface area contributed by atoms with Gasteiger partial charge in [0.2, 0.25) is 6.86 Å². The molecule has 2 aromatic heterocycles. The Hall–Kier alpha value is -2.89. The molecule has 4 rings (SSSR count). The van der Waals surface area contributed by atoms with Gasteiger partial charge < -0.3 is 4.74 Å². The molecule has 2 heterocycles. The van der Waals surface area contributed by atoms with Crippen molar-refractivity contribution in [3.05, 3.63) is 64.3 Å². The maximum absolute atomic E-state index is 13.1. The number of alkyl halides is 1. The van der Waals surface area contributed by atoms with Crippen LogP contribution in [0, 0.1) is 0 Å². The zero-order chi connectivity index (χ0) is 18.1. The highest BCUT2D eigenvalue weighted by Gasteiger charge is 2.21. The highest BCUT2D eigenvalue weighted by atomic mass is 19.1. The molecule has 0 atom stereocenters. The number of pyridine rings is 1. The molecule has 0 saturated heterocycles. The molecule has 6 heteroatoms. The molecular weight excluding hydrogens is 333 g/mol. The third-order valence-corrected chi connectivity index (χ3v) is 4.88. The van der Waals surface area contributed by atoms with Gasteiger partial charge in [-0.3, -0.25) is 14.0 Å². The van der Waals surface area contributed by atoms with Crippen LogP contribution >= 0.6 is 0 Å². The molecule has 0 N–H and O–H groups in total. The van der Waals surface area contributed by atoms with Crippen molar-refractivity contribution < 1.29 is 9.13 Å². The third-order valence-electron chi connectivity index (χ3n) is 4.88. The van der Waals surface area contributed by atoms with E-state index in [0.29, 0.717) is 5.75 Å². The van der Waals surface area contributed by atoms with Crippen molar-refractivity contribution in [3.63, 3.8) is 0 Å². The van der Waals surface area contributed by atoms with E-state index in [9.17, 15) is 9.18 Å². The number of nitrogens with zero attached hydrogens (tertiary/aromatic N) is 3. The van der Waals surface area contributed by atoms with E-state index in [1.54, 1.807) is 33.5 Å². The highest BCUT2D eigenvalue weighted by molar-refractivity contribution is 5.67. The normalized spacial score (nSPS) is 13.5. The topological polar surface area (TPSA) is 49.0 Å². The van der Waals surface area contributed by atoms with E-state index in [-0.39, 0.29) is 5.56 Å². The van der Waals surface area contributed by atoms with E-state index >= 15 is 0 Å². The van der Waals surface area contributed by atoms with Crippen LogP contribution in [0.4, 0.5) is 4.39 Å². The van der Waals surface area contributed by atoms with Gasteiger partial charge in [0.1, 0.15) is 5.75 Å². The van der Waals surface area contributed by atoms with E-state index in [2.05, 4.69) is 5.10 Å². The van der Waals surface area contributed by atoms with Gasteiger partial charge in [-0.25, -0.2) is 4.39 Å². The molecule has 0 fully saturated rings. The Bertz CT molecular complexity index is 989. The van der Waals surface area contributed by atoms with Gasteiger partial charge in [0, 0.05) is 41.8 Å². The molecule has 1 aliphatic rings. The van der Waals surface area contributed by atoms with E-state index in [1.165, 1.54) is 0 Å². The van der Waals surface area contributed by atoms with Gasteiger partial charge >= 0.3 is 0 Å². The first-order valence-electron chi connectivity index (χ1n) is 8.73. The summed E-state index contributed by atoms with van der Waals surface area (Å²) < 4.78 is 20.6. The summed E-state index contributed by atoms with van der Waals surface area (Å²) in [6.07, 6.45) is 9.54. The average Bonchev–Trinajstić information content (AvgIpc) is 3.10. The van der Waals surface area contributed by atoms with Crippen molar-refractivity contribution in [1.82, 2.24) is 14.3 Å². The minimum absolute atomic E-state index is 0.0199. The van der Waals surface area contributed by atoms with Crippen LogP contribution in [0.2, 0.25) is 0 Å². The summed E-state index contributed by atoms with van der Waals surface area (Å²) in [5.74, 6) is 0.440. The summed E-state index contributed by atoms with van der Waals surface area (Å²) in [5.41, 5.74) is 4.85. The van der Waals surface area contributed by atoms with Crippen LogP contribution in [0.15, 0.2) is 47.7 Å². The number of halogens is 1. The maximum Gasteiger partial charge on any atom is 0.258 e. The lowest BCUT2D eigenvalue weighted by Crippen LogP contribution is -2.26. The van der Waals surface area contributed by atoms with Crippen LogP contribution < -0.4 is 10.3 Å². The predicted octanol–water partition coefficient (Wildman–Crippen LogP) is 3.42. The summed E-state index contributed by atoms with van der Waals surface area (Å²) in [4.78, 5) is 13.1. The summed E-state index contributed by atoms with van der Waals surface area (Å²) >= 11 is 0. The van der Waals surface area contributed by atoms with Gasteiger partial charge in [-0.1, -0.05) is 0 Å². The zero-order valence-corrected chi connectivity index (χ0v) is 14.6. The number of aryl methyl sites for hydroxylation is 1. The molecule has 0 amide bonds. The standard InChI is InChI=1S/C20H20FN3O2/c1-23-11-14(10-22-23)19-12-24(15-6-8-16(9-7-15)26-13-21)20(25)18-5-3-2-4-17(18)19/h6-12H,2-5,13H2,1H3. The van der Waals surface area contributed by atoms with Crippen LogP contribution in [0.1, 0.15) is 24.0 Å². The second-order valence-electron chi connectivity index (χ2n) is 6.53. The Morgan fingerprint density at radius 2 is 1.85 bits per heavy atom. The Labute approximate surface area is 150 Å². The summed E-state index contributed by atoms with van der Waals surface area (Å²) in [6, 6.07) is 6.89. The number of aromatic nitrogens is 3. The first-order valence-corrected chi connectivity index (χ1v) is 8.73. The molecule has 26 heavy (non-hydrogen) atoms. The van der Waals surface area contributed by atoms with Gasteiger partial charge in [-0.2, -0.15) is 5.10 Å². The number of fused-ring (bicyclic) bond motifs is 1. The van der Waals surface area contributed by atoms with Crippen molar-refractivity contribution in [2.75, 3.05) is 6.86 Å². The van der Waals surface area contributed by atoms with Gasteiger partial charge in [-0.15, -0.1) is 0 Å². The number of hydrogen-bond acceptors (Lipinski definition) is 3. The largest absolute Gasteiger partial charge is 0.463 e. The quantitative estimate of drug-likeness (QED) is 0.722. The fraction of sp³-hybridized carbons (Fsp3) is 0.300. The van der Waals surface area contributed by atoms with Crippen LogP contribution in [0.25, 0.3) is 16.8 Å². The van der Waals surface area contributed by atoms with E-state index in [4.69, 9.17) is 4.74 Å². The minimum Gasteiger partial charge on any atom is -0.463 e. The molecule has 5 nitrogen and oxygen atoms in total. The van der Waals surface area contributed by atoms with Crippen molar-refractivity contribution in [1.29, 1.82) is 0 Å². The second kappa shape index (κ2) is 6.78. The fourth-order valence-corrected chi connectivity index (χ4v) is 3.62. The number of ether oxygens (including phenoxy) is 1. The molecule has 3 aromatic rings. The monoisotopic (exact) mass is 353 g/mol. The third kappa shape index (κ3) is 2.92. The van der Waals surface area contributed by atoms with Crippen LogP contribution in [-0.2, 0) is 19.9 Å². The van der Waals surface area contributed by atoms with Crippen LogP contribution in [0.3, 0.4) is 0 Å². The molecule has 0 bridgehead atoms. The first kappa shape index (κ1) is 16.6. The number of rotatable bonds is 4. The average molecular weight is 353 g/mol. The Morgan fingerprint density at radius 3 is 2.50 bits per heavy atom. The predicted molar refractivity (Wildman–Crippen MR) is 97.5 cm³/mol. The zero-order valence-electron chi connectivity index (χ0n) is 14.6. The first-order chi connectivity index (χ1) is 12.7. The van der Waals surface area contributed by atoms with Crippen LogP contribution in [0.5, 0.6) is 5.75 Å².